The van der Waals surface area contributed by atoms with Gasteiger partial charge in [0.15, 0.2) is 5.78 Å². The fraction of sp³-hybridized carbons (Fsp3) is 0.393. The minimum absolute atomic E-state index is 0.0488. The van der Waals surface area contributed by atoms with Crippen molar-refractivity contribution in [3.8, 4) is 5.75 Å². The predicted molar refractivity (Wildman–Crippen MR) is 137 cm³/mol. The van der Waals surface area contributed by atoms with Crippen LogP contribution in [-0.4, -0.2) is 60.1 Å². The molecule has 0 amide bonds. The summed E-state index contributed by atoms with van der Waals surface area (Å²) in [6.45, 7) is 6.70. The van der Waals surface area contributed by atoms with Gasteiger partial charge in [-0.25, -0.2) is 9.97 Å². The minimum Gasteiger partial charge on any atom is -0.492 e. The molecule has 3 aromatic rings. The molecule has 7 heteroatoms. The molecule has 1 aliphatic carbocycles. The summed E-state index contributed by atoms with van der Waals surface area (Å²) >= 11 is 0. The highest BCUT2D eigenvalue weighted by atomic mass is 16.5. The molecule has 182 valence electrons. The number of ether oxygens (including phenoxy) is 2. The number of nitrogens with zero attached hydrogens (tertiary/aromatic N) is 3. The van der Waals surface area contributed by atoms with Gasteiger partial charge in [0.25, 0.3) is 0 Å². The van der Waals surface area contributed by atoms with Gasteiger partial charge >= 0.3 is 0 Å². The number of carbonyl (C=O) groups excluding carboxylic acids is 1. The van der Waals surface area contributed by atoms with E-state index in [0.29, 0.717) is 29.7 Å². The first-order valence-corrected chi connectivity index (χ1v) is 12.4. The van der Waals surface area contributed by atoms with Crippen molar-refractivity contribution in [2.45, 2.75) is 25.8 Å². The number of aromatic nitrogens is 2. The molecule has 2 aliphatic rings. The Balaban J connectivity index is 1.42. The van der Waals surface area contributed by atoms with Gasteiger partial charge in [-0.2, -0.15) is 0 Å². The quantitative estimate of drug-likeness (QED) is 0.340. The minimum atomic E-state index is -0.0723. The lowest BCUT2D eigenvalue weighted by atomic mass is 10.0. The third-order valence-electron chi connectivity index (χ3n) is 6.56. The molecule has 7 nitrogen and oxygen atoms in total. The van der Waals surface area contributed by atoms with E-state index in [4.69, 9.17) is 9.47 Å². The Bertz CT molecular complexity index is 1190. The van der Waals surface area contributed by atoms with Crippen LogP contribution in [0.25, 0.3) is 10.9 Å². The maximum atomic E-state index is 13.3. The highest BCUT2D eigenvalue weighted by Crippen LogP contribution is 2.34. The van der Waals surface area contributed by atoms with E-state index in [0.717, 1.165) is 49.3 Å². The SMILES string of the molecule is CC(Nc1ncnc2cc(OCC3CC3)c(C(=O)C=CCN3CCOCC3)cc12)c1ccccc1. The van der Waals surface area contributed by atoms with Gasteiger partial charge in [0, 0.05) is 37.1 Å². The molecule has 35 heavy (non-hydrogen) atoms. The third-order valence-corrected chi connectivity index (χ3v) is 6.56. The van der Waals surface area contributed by atoms with E-state index in [-0.39, 0.29) is 11.8 Å². The van der Waals surface area contributed by atoms with Crippen molar-refractivity contribution in [2.24, 2.45) is 5.92 Å². The molecule has 1 saturated heterocycles. The molecule has 0 radical (unpaired) electrons. The van der Waals surface area contributed by atoms with Crippen molar-refractivity contribution in [1.29, 1.82) is 0 Å². The summed E-state index contributed by atoms with van der Waals surface area (Å²) in [5.41, 5.74) is 2.45. The normalized spacial score (nSPS) is 17.5. The smallest absolute Gasteiger partial charge is 0.189 e. The standard InChI is InChI=1S/C28H32N4O3/c1-20(22-6-3-2-4-7-22)31-28-23-16-24(26(33)8-5-11-32-12-14-34-15-13-32)27(35-18-21-9-10-21)17-25(23)29-19-30-28/h2-8,16-17,19-21H,9-15,18H2,1H3,(H,29,30,31). The lowest BCUT2D eigenvalue weighted by Crippen LogP contribution is -2.36. The van der Waals surface area contributed by atoms with Crippen LogP contribution in [0.1, 0.15) is 41.7 Å². The van der Waals surface area contributed by atoms with Crippen LogP contribution in [0.2, 0.25) is 0 Å². The van der Waals surface area contributed by atoms with Crippen LogP contribution in [0.15, 0.2) is 60.9 Å². The third kappa shape index (κ3) is 6.05. The molecule has 0 spiro atoms. The first kappa shape index (κ1) is 23.5. The largest absolute Gasteiger partial charge is 0.492 e. The van der Waals surface area contributed by atoms with Gasteiger partial charge in [0.1, 0.15) is 17.9 Å². The summed E-state index contributed by atoms with van der Waals surface area (Å²) in [7, 11) is 0. The van der Waals surface area contributed by atoms with Crippen LogP contribution in [0.4, 0.5) is 5.82 Å². The van der Waals surface area contributed by atoms with Gasteiger partial charge in [-0.1, -0.05) is 36.4 Å². The van der Waals surface area contributed by atoms with Gasteiger partial charge < -0.3 is 14.8 Å². The van der Waals surface area contributed by atoms with Gasteiger partial charge in [0.2, 0.25) is 0 Å². The molecular formula is C28H32N4O3. The number of allylic oxidation sites excluding steroid dienone is 1. The Morgan fingerprint density at radius 2 is 2.00 bits per heavy atom. The molecule has 1 saturated carbocycles. The fourth-order valence-electron chi connectivity index (χ4n) is 4.22. The Labute approximate surface area is 206 Å². The number of benzene rings is 2. The molecule has 1 aromatic heterocycles. The zero-order valence-electron chi connectivity index (χ0n) is 20.2. The zero-order valence-corrected chi connectivity index (χ0v) is 20.2. The highest BCUT2D eigenvalue weighted by Gasteiger charge is 2.24. The van der Waals surface area contributed by atoms with Gasteiger partial charge in [-0.3, -0.25) is 9.69 Å². The van der Waals surface area contributed by atoms with Crippen LogP contribution in [-0.2, 0) is 4.74 Å². The maximum absolute atomic E-state index is 13.3. The first-order chi connectivity index (χ1) is 17.2. The van der Waals surface area contributed by atoms with Crippen molar-refractivity contribution < 1.29 is 14.3 Å². The van der Waals surface area contributed by atoms with Crippen LogP contribution in [0.3, 0.4) is 0 Å². The van der Waals surface area contributed by atoms with Crippen molar-refractivity contribution >= 4 is 22.5 Å². The fourth-order valence-corrected chi connectivity index (χ4v) is 4.22. The van der Waals surface area contributed by atoms with Crippen molar-refractivity contribution in [3.63, 3.8) is 0 Å². The number of anilines is 1. The van der Waals surface area contributed by atoms with Crippen LogP contribution < -0.4 is 10.1 Å². The Morgan fingerprint density at radius 3 is 2.77 bits per heavy atom. The highest BCUT2D eigenvalue weighted by molar-refractivity contribution is 6.09. The Kier molecular flexibility index (Phi) is 7.35. The summed E-state index contributed by atoms with van der Waals surface area (Å²) < 4.78 is 11.5. The summed E-state index contributed by atoms with van der Waals surface area (Å²) in [5.74, 6) is 1.80. The number of morpholine rings is 1. The molecule has 2 fully saturated rings. The molecule has 1 unspecified atom stereocenters. The molecule has 2 aromatic carbocycles. The van der Waals surface area contributed by atoms with Crippen LogP contribution >= 0.6 is 0 Å². The number of ketones is 1. The van der Waals surface area contributed by atoms with E-state index in [9.17, 15) is 4.79 Å². The molecule has 1 aliphatic heterocycles. The van der Waals surface area contributed by atoms with Crippen molar-refractivity contribution in [1.82, 2.24) is 14.9 Å². The van der Waals surface area contributed by atoms with Gasteiger partial charge in [-0.15, -0.1) is 0 Å². The monoisotopic (exact) mass is 472 g/mol. The number of rotatable bonds is 10. The van der Waals surface area contributed by atoms with E-state index in [1.165, 1.54) is 12.8 Å². The number of carbonyl (C=O) groups is 1. The van der Waals surface area contributed by atoms with E-state index >= 15 is 0 Å². The zero-order chi connectivity index (χ0) is 24.0. The van der Waals surface area contributed by atoms with Crippen LogP contribution in [0, 0.1) is 5.92 Å². The number of hydrogen-bond acceptors (Lipinski definition) is 7. The first-order valence-electron chi connectivity index (χ1n) is 12.4. The average Bonchev–Trinajstić information content (AvgIpc) is 3.73. The molecule has 1 atom stereocenters. The van der Waals surface area contributed by atoms with E-state index < -0.39 is 0 Å². The molecule has 2 heterocycles. The number of nitrogens with one attached hydrogen (secondary N) is 1. The van der Waals surface area contributed by atoms with E-state index in [1.54, 1.807) is 12.4 Å². The summed E-state index contributed by atoms with van der Waals surface area (Å²) in [6.07, 6.45) is 7.51. The lowest BCUT2D eigenvalue weighted by molar-refractivity contribution is 0.0434. The Morgan fingerprint density at radius 1 is 1.20 bits per heavy atom. The predicted octanol–water partition coefficient (Wildman–Crippen LogP) is 4.66. The second-order valence-corrected chi connectivity index (χ2v) is 9.30. The molecule has 5 rings (SSSR count). The van der Waals surface area contributed by atoms with E-state index in [1.807, 2.05) is 36.4 Å². The van der Waals surface area contributed by atoms with Gasteiger partial charge in [-0.05, 0) is 43.4 Å². The van der Waals surface area contributed by atoms with E-state index in [2.05, 4.69) is 39.2 Å². The summed E-state index contributed by atoms with van der Waals surface area (Å²) in [4.78, 5) is 24.5. The number of hydrogen-bond donors (Lipinski definition) is 1. The average molecular weight is 473 g/mol. The summed E-state index contributed by atoms with van der Waals surface area (Å²) in [6, 6.07) is 14.0. The van der Waals surface area contributed by atoms with Gasteiger partial charge in [0.05, 0.1) is 30.9 Å². The maximum Gasteiger partial charge on any atom is 0.189 e. The Hall–Kier alpha value is -3.29. The second kappa shape index (κ2) is 11.0. The molecule has 1 N–H and O–H groups in total. The van der Waals surface area contributed by atoms with Crippen molar-refractivity contribution in [2.75, 3.05) is 44.8 Å². The lowest BCUT2D eigenvalue weighted by Gasteiger charge is -2.25. The topological polar surface area (TPSA) is 76.6 Å². The molecular weight excluding hydrogens is 440 g/mol. The second-order valence-electron chi connectivity index (χ2n) is 9.30. The number of fused-ring (bicyclic) bond motifs is 1. The van der Waals surface area contributed by atoms with Crippen molar-refractivity contribution in [3.05, 3.63) is 72.1 Å². The molecule has 0 bridgehead atoms. The van der Waals surface area contributed by atoms with Crippen LogP contribution in [0.5, 0.6) is 5.75 Å². The summed E-state index contributed by atoms with van der Waals surface area (Å²) in [5, 5.41) is 4.30.